The molecule has 0 bridgehead atoms. The first-order valence-corrected chi connectivity index (χ1v) is 12.0. The molecule has 170 valence electrons. The quantitative estimate of drug-likeness (QED) is 0.381. The lowest BCUT2D eigenvalue weighted by Crippen LogP contribution is -2.16. The molecule has 0 radical (unpaired) electrons. The zero-order valence-corrected chi connectivity index (χ0v) is 19.1. The molecular formula is C25H24FN3O3S. The monoisotopic (exact) mass is 465 g/mol. The normalized spacial score (nSPS) is 11.6. The molecule has 6 nitrogen and oxygen atoms in total. The van der Waals surface area contributed by atoms with E-state index in [0.717, 1.165) is 33.3 Å². The Morgan fingerprint density at radius 1 is 1.06 bits per heavy atom. The SMILES string of the molecule is Cc1cc(S(N)(=O)=O)cc(NC(=O)CCc2c(-c3ccccc3)[nH]c3ccc(F)cc23)c1C. The summed E-state index contributed by atoms with van der Waals surface area (Å²) in [7, 11) is -3.90. The maximum atomic E-state index is 14.0. The number of nitrogens with one attached hydrogen (secondary N) is 2. The minimum atomic E-state index is -3.90. The van der Waals surface area contributed by atoms with E-state index in [9.17, 15) is 17.6 Å². The number of hydrogen-bond acceptors (Lipinski definition) is 3. The molecule has 0 aliphatic heterocycles. The standard InChI is InChI=1S/C25H24FN3O3S/c1-15-12-19(33(27,31)32)14-23(16(15)2)28-24(30)11-9-20-21-13-18(26)8-10-22(21)29-25(20)17-6-4-3-5-7-17/h3-8,10,12-14,29H,9,11H2,1-2H3,(H,28,30)(H2,27,31,32). The Morgan fingerprint density at radius 2 is 1.79 bits per heavy atom. The summed E-state index contributed by atoms with van der Waals surface area (Å²) in [4.78, 5) is 16.1. The van der Waals surface area contributed by atoms with Crippen LogP contribution in [-0.2, 0) is 21.2 Å². The van der Waals surface area contributed by atoms with E-state index in [4.69, 9.17) is 5.14 Å². The maximum absolute atomic E-state index is 14.0. The lowest BCUT2D eigenvalue weighted by atomic mass is 10.0. The van der Waals surface area contributed by atoms with Crippen LogP contribution >= 0.6 is 0 Å². The van der Waals surface area contributed by atoms with Gasteiger partial charge in [0, 0.05) is 28.7 Å². The van der Waals surface area contributed by atoms with Gasteiger partial charge in [-0.25, -0.2) is 17.9 Å². The van der Waals surface area contributed by atoms with Gasteiger partial charge in [-0.1, -0.05) is 30.3 Å². The van der Waals surface area contributed by atoms with Crippen LogP contribution in [0.1, 0.15) is 23.1 Å². The van der Waals surface area contributed by atoms with Crippen LogP contribution in [0.25, 0.3) is 22.2 Å². The van der Waals surface area contributed by atoms with Gasteiger partial charge < -0.3 is 10.3 Å². The second-order valence-electron chi connectivity index (χ2n) is 8.04. The van der Waals surface area contributed by atoms with Gasteiger partial charge in [-0.15, -0.1) is 0 Å². The molecule has 0 unspecified atom stereocenters. The highest BCUT2D eigenvalue weighted by molar-refractivity contribution is 7.89. The summed E-state index contributed by atoms with van der Waals surface area (Å²) >= 11 is 0. The summed E-state index contributed by atoms with van der Waals surface area (Å²) in [5.41, 5.74) is 5.28. The Balaban J connectivity index is 1.63. The number of nitrogens with two attached hydrogens (primary N) is 1. The lowest BCUT2D eigenvalue weighted by molar-refractivity contribution is -0.116. The van der Waals surface area contributed by atoms with Gasteiger partial charge in [0.05, 0.1) is 4.90 Å². The van der Waals surface area contributed by atoms with Crippen LogP contribution in [0, 0.1) is 19.7 Å². The number of anilines is 1. The first-order valence-electron chi connectivity index (χ1n) is 10.4. The molecule has 0 saturated heterocycles. The fraction of sp³-hybridized carbons (Fsp3) is 0.160. The van der Waals surface area contributed by atoms with E-state index < -0.39 is 10.0 Å². The number of aromatic amines is 1. The number of amides is 1. The van der Waals surface area contributed by atoms with Crippen molar-refractivity contribution in [2.24, 2.45) is 5.14 Å². The molecule has 0 aliphatic carbocycles. The molecule has 1 amide bonds. The molecule has 3 aromatic carbocycles. The maximum Gasteiger partial charge on any atom is 0.238 e. The van der Waals surface area contributed by atoms with Gasteiger partial charge in [-0.2, -0.15) is 0 Å². The Kier molecular flexibility index (Phi) is 6.05. The molecule has 0 atom stereocenters. The second kappa shape index (κ2) is 8.80. The number of rotatable bonds is 6. The molecular weight excluding hydrogens is 441 g/mol. The average Bonchev–Trinajstić information content (AvgIpc) is 3.13. The summed E-state index contributed by atoms with van der Waals surface area (Å²) in [5, 5.41) is 8.79. The summed E-state index contributed by atoms with van der Waals surface area (Å²) < 4.78 is 37.5. The predicted molar refractivity (Wildman–Crippen MR) is 128 cm³/mol. The molecule has 4 aromatic rings. The van der Waals surface area contributed by atoms with Crippen molar-refractivity contribution < 1.29 is 17.6 Å². The van der Waals surface area contributed by atoms with E-state index in [1.807, 2.05) is 30.3 Å². The number of fused-ring (bicyclic) bond motifs is 1. The van der Waals surface area contributed by atoms with E-state index in [1.165, 1.54) is 24.3 Å². The summed E-state index contributed by atoms with van der Waals surface area (Å²) in [5.74, 6) is -0.633. The van der Waals surface area contributed by atoms with Gasteiger partial charge >= 0.3 is 0 Å². The van der Waals surface area contributed by atoms with Gasteiger partial charge in [0.1, 0.15) is 5.82 Å². The Labute approximate surface area is 191 Å². The zero-order valence-electron chi connectivity index (χ0n) is 18.3. The largest absolute Gasteiger partial charge is 0.354 e. The highest BCUT2D eigenvalue weighted by Gasteiger charge is 2.17. The molecule has 1 heterocycles. The van der Waals surface area contributed by atoms with Gasteiger partial charge in [0.2, 0.25) is 15.9 Å². The number of hydrogen-bond donors (Lipinski definition) is 3. The number of H-pyrrole nitrogens is 1. The van der Waals surface area contributed by atoms with E-state index >= 15 is 0 Å². The third-order valence-electron chi connectivity index (χ3n) is 5.78. The third kappa shape index (κ3) is 4.81. The first-order chi connectivity index (χ1) is 15.6. The van der Waals surface area contributed by atoms with Crippen molar-refractivity contribution in [2.45, 2.75) is 31.6 Å². The number of aromatic nitrogens is 1. The van der Waals surface area contributed by atoms with E-state index in [2.05, 4.69) is 10.3 Å². The number of aryl methyl sites for hydroxylation is 2. The number of sulfonamides is 1. The van der Waals surface area contributed by atoms with Crippen molar-refractivity contribution >= 4 is 32.5 Å². The summed E-state index contributed by atoms with van der Waals surface area (Å²) in [6.45, 7) is 3.56. The summed E-state index contributed by atoms with van der Waals surface area (Å²) in [6.07, 6.45) is 0.494. The van der Waals surface area contributed by atoms with Gasteiger partial charge in [-0.3, -0.25) is 4.79 Å². The zero-order chi connectivity index (χ0) is 23.8. The molecule has 0 aliphatic rings. The number of benzene rings is 3. The van der Waals surface area contributed by atoms with Crippen LogP contribution in [0.4, 0.5) is 10.1 Å². The predicted octanol–water partition coefficient (Wildman–Crippen LogP) is 4.81. The van der Waals surface area contributed by atoms with Crippen LogP contribution in [0.5, 0.6) is 0 Å². The molecule has 0 saturated carbocycles. The van der Waals surface area contributed by atoms with E-state index in [0.29, 0.717) is 17.7 Å². The smallest absolute Gasteiger partial charge is 0.238 e. The average molecular weight is 466 g/mol. The minimum Gasteiger partial charge on any atom is -0.354 e. The van der Waals surface area contributed by atoms with Crippen LogP contribution in [0.3, 0.4) is 0 Å². The third-order valence-corrected chi connectivity index (χ3v) is 6.67. The van der Waals surface area contributed by atoms with Crippen LogP contribution < -0.4 is 10.5 Å². The van der Waals surface area contributed by atoms with Crippen molar-refractivity contribution in [1.82, 2.24) is 4.98 Å². The van der Waals surface area contributed by atoms with Gasteiger partial charge in [0.15, 0.2) is 0 Å². The summed E-state index contributed by atoms with van der Waals surface area (Å²) in [6, 6.07) is 17.1. The Bertz CT molecular complexity index is 1460. The van der Waals surface area contributed by atoms with E-state index in [-0.39, 0.29) is 23.0 Å². The number of halogens is 1. The van der Waals surface area contributed by atoms with Gasteiger partial charge in [-0.05, 0) is 72.9 Å². The van der Waals surface area contributed by atoms with Crippen LogP contribution in [-0.4, -0.2) is 19.3 Å². The van der Waals surface area contributed by atoms with Crippen molar-refractivity contribution in [1.29, 1.82) is 0 Å². The highest BCUT2D eigenvalue weighted by Crippen LogP contribution is 2.32. The highest BCUT2D eigenvalue weighted by atomic mass is 32.2. The molecule has 8 heteroatoms. The van der Waals surface area contributed by atoms with Gasteiger partial charge in [0.25, 0.3) is 0 Å². The second-order valence-corrected chi connectivity index (χ2v) is 9.60. The topological polar surface area (TPSA) is 105 Å². The van der Waals surface area contributed by atoms with E-state index in [1.54, 1.807) is 19.9 Å². The molecule has 1 aromatic heterocycles. The molecule has 0 fully saturated rings. The molecule has 4 N–H and O–H groups in total. The Hall–Kier alpha value is -3.49. The van der Waals surface area contributed by atoms with Crippen molar-refractivity contribution in [2.75, 3.05) is 5.32 Å². The number of carbonyl (C=O) groups is 1. The molecule has 33 heavy (non-hydrogen) atoms. The fourth-order valence-corrected chi connectivity index (χ4v) is 4.53. The van der Waals surface area contributed by atoms with Crippen LogP contribution in [0.2, 0.25) is 0 Å². The molecule has 4 rings (SSSR count). The fourth-order valence-electron chi connectivity index (χ4n) is 3.90. The number of primary sulfonamides is 1. The molecule has 0 spiro atoms. The lowest BCUT2D eigenvalue weighted by Gasteiger charge is -2.13. The first kappa shape index (κ1) is 22.7. The minimum absolute atomic E-state index is 0.0561. The number of carbonyl (C=O) groups excluding carboxylic acids is 1. The van der Waals surface area contributed by atoms with Crippen molar-refractivity contribution in [3.63, 3.8) is 0 Å². The van der Waals surface area contributed by atoms with Crippen molar-refractivity contribution in [3.05, 3.63) is 83.2 Å². The Morgan fingerprint density at radius 3 is 2.48 bits per heavy atom. The van der Waals surface area contributed by atoms with Crippen LogP contribution in [0.15, 0.2) is 65.6 Å². The van der Waals surface area contributed by atoms with Crippen molar-refractivity contribution in [3.8, 4) is 11.3 Å².